The molecule has 0 aliphatic rings. The van der Waals surface area contributed by atoms with E-state index in [1.54, 1.807) is 0 Å². The van der Waals surface area contributed by atoms with Gasteiger partial charge in [-0.3, -0.25) is 9.69 Å². The Bertz CT molecular complexity index is 629. The maximum Gasteiger partial charge on any atom is 0.246 e. The SMILES string of the molecule is CCN(C)C(C(=O)Nc1ccc(OCCN)cc1)c1ccccc1. The zero-order chi connectivity index (χ0) is 17.4. The van der Waals surface area contributed by atoms with Crippen LogP contribution in [0.4, 0.5) is 5.69 Å². The summed E-state index contributed by atoms with van der Waals surface area (Å²) in [5.41, 5.74) is 7.13. The number of carbonyl (C=O) groups excluding carboxylic acids is 1. The maximum absolute atomic E-state index is 12.8. The second-order valence-corrected chi connectivity index (χ2v) is 5.54. The second kappa shape index (κ2) is 9.05. The molecule has 5 nitrogen and oxygen atoms in total. The summed E-state index contributed by atoms with van der Waals surface area (Å²) in [6.45, 7) is 3.76. The van der Waals surface area contributed by atoms with Crippen LogP contribution in [0.2, 0.25) is 0 Å². The van der Waals surface area contributed by atoms with Crippen LogP contribution in [0.5, 0.6) is 5.75 Å². The smallest absolute Gasteiger partial charge is 0.246 e. The number of ether oxygens (including phenoxy) is 1. The van der Waals surface area contributed by atoms with Gasteiger partial charge in [0, 0.05) is 12.2 Å². The van der Waals surface area contributed by atoms with Gasteiger partial charge in [-0.2, -0.15) is 0 Å². The molecule has 2 aromatic rings. The zero-order valence-electron chi connectivity index (χ0n) is 14.2. The Hall–Kier alpha value is -2.37. The van der Waals surface area contributed by atoms with Crippen LogP contribution in [0, 0.1) is 0 Å². The van der Waals surface area contributed by atoms with Crippen LogP contribution in [0.15, 0.2) is 54.6 Å². The van der Waals surface area contributed by atoms with E-state index < -0.39 is 0 Å². The molecule has 128 valence electrons. The highest BCUT2D eigenvalue weighted by Crippen LogP contribution is 2.22. The Morgan fingerprint density at radius 1 is 1.17 bits per heavy atom. The first-order chi connectivity index (χ1) is 11.7. The summed E-state index contributed by atoms with van der Waals surface area (Å²) in [6, 6.07) is 16.8. The van der Waals surface area contributed by atoms with E-state index >= 15 is 0 Å². The van der Waals surface area contributed by atoms with Gasteiger partial charge in [-0.1, -0.05) is 37.3 Å². The molecule has 2 rings (SSSR count). The van der Waals surface area contributed by atoms with Crippen LogP contribution in [0.25, 0.3) is 0 Å². The molecule has 1 unspecified atom stereocenters. The Morgan fingerprint density at radius 3 is 2.42 bits per heavy atom. The van der Waals surface area contributed by atoms with Gasteiger partial charge in [0.15, 0.2) is 0 Å². The van der Waals surface area contributed by atoms with Gasteiger partial charge in [-0.05, 0) is 43.4 Å². The van der Waals surface area contributed by atoms with E-state index in [0.717, 1.165) is 23.5 Å². The molecule has 0 heterocycles. The number of amides is 1. The molecular formula is C19H25N3O2. The van der Waals surface area contributed by atoms with E-state index in [-0.39, 0.29) is 11.9 Å². The molecule has 1 atom stereocenters. The minimum atomic E-state index is -0.329. The van der Waals surface area contributed by atoms with Crippen LogP contribution in [-0.4, -0.2) is 37.6 Å². The first kappa shape index (κ1) is 18.0. The lowest BCUT2D eigenvalue weighted by Gasteiger charge is -2.26. The summed E-state index contributed by atoms with van der Waals surface area (Å²) in [5.74, 6) is 0.685. The summed E-state index contributed by atoms with van der Waals surface area (Å²) >= 11 is 0. The lowest BCUT2D eigenvalue weighted by Crippen LogP contribution is -2.34. The van der Waals surface area contributed by atoms with Gasteiger partial charge in [0.25, 0.3) is 0 Å². The fraction of sp³-hybridized carbons (Fsp3) is 0.316. The van der Waals surface area contributed by atoms with Crippen molar-refractivity contribution in [3.63, 3.8) is 0 Å². The van der Waals surface area contributed by atoms with Crippen LogP contribution in [-0.2, 0) is 4.79 Å². The fourth-order valence-electron chi connectivity index (χ4n) is 2.45. The molecule has 1 amide bonds. The highest BCUT2D eigenvalue weighted by atomic mass is 16.5. The number of nitrogens with one attached hydrogen (secondary N) is 1. The van der Waals surface area contributed by atoms with Crippen LogP contribution < -0.4 is 15.8 Å². The molecule has 0 saturated heterocycles. The molecule has 0 radical (unpaired) electrons. The minimum absolute atomic E-state index is 0.0545. The summed E-state index contributed by atoms with van der Waals surface area (Å²) in [5, 5.41) is 2.98. The third kappa shape index (κ3) is 4.81. The molecule has 0 saturated carbocycles. The Balaban J connectivity index is 2.10. The van der Waals surface area contributed by atoms with Gasteiger partial charge in [0.05, 0.1) is 0 Å². The number of hydrogen-bond acceptors (Lipinski definition) is 4. The van der Waals surface area contributed by atoms with Crippen molar-refractivity contribution < 1.29 is 9.53 Å². The van der Waals surface area contributed by atoms with Crippen molar-refractivity contribution in [1.29, 1.82) is 0 Å². The molecule has 0 aliphatic carbocycles. The van der Waals surface area contributed by atoms with Gasteiger partial charge in [-0.15, -0.1) is 0 Å². The Kier molecular flexibility index (Phi) is 6.78. The number of carbonyl (C=O) groups is 1. The summed E-state index contributed by atoms with van der Waals surface area (Å²) < 4.78 is 5.44. The largest absolute Gasteiger partial charge is 0.492 e. The highest BCUT2D eigenvalue weighted by Gasteiger charge is 2.24. The van der Waals surface area contributed by atoms with Gasteiger partial charge < -0.3 is 15.8 Å². The first-order valence-corrected chi connectivity index (χ1v) is 8.14. The molecule has 0 aliphatic heterocycles. The van der Waals surface area contributed by atoms with Gasteiger partial charge in [0.1, 0.15) is 18.4 Å². The number of rotatable bonds is 8. The van der Waals surface area contributed by atoms with Crippen molar-refractivity contribution in [3.05, 3.63) is 60.2 Å². The quantitative estimate of drug-likeness (QED) is 0.782. The van der Waals surface area contributed by atoms with Gasteiger partial charge >= 0.3 is 0 Å². The molecule has 0 aromatic heterocycles. The summed E-state index contributed by atoms with van der Waals surface area (Å²) in [6.07, 6.45) is 0. The Labute approximate surface area is 143 Å². The average Bonchev–Trinajstić information content (AvgIpc) is 2.62. The molecule has 2 aromatic carbocycles. The van der Waals surface area contributed by atoms with E-state index in [0.29, 0.717) is 13.2 Å². The van der Waals surface area contributed by atoms with Crippen molar-refractivity contribution in [2.45, 2.75) is 13.0 Å². The van der Waals surface area contributed by atoms with Crippen LogP contribution in [0.1, 0.15) is 18.5 Å². The predicted octanol–water partition coefficient (Wildman–Crippen LogP) is 2.66. The Morgan fingerprint density at radius 2 is 1.83 bits per heavy atom. The monoisotopic (exact) mass is 327 g/mol. The van der Waals surface area contributed by atoms with Crippen molar-refractivity contribution in [2.75, 3.05) is 32.1 Å². The van der Waals surface area contributed by atoms with E-state index in [1.807, 2.05) is 73.5 Å². The molecule has 0 fully saturated rings. The first-order valence-electron chi connectivity index (χ1n) is 8.14. The van der Waals surface area contributed by atoms with E-state index in [1.165, 1.54) is 0 Å². The average molecular weight is 327 g/mol. The van der Waals surface area contributed by atoms with Crippen molar-refractivity contribution in [3.8, 4) is 5.75 Å². The van der Waals surface area contributed by atoms with Crippen LogP contribution in [0.3, 0.4) is 0 Å². The molecule has 0 bridgehead atoms. The lowest BCUT2D eigenvalue weighted by atomic mass is 10.0. The summed E-state index contributed by atoms with van der Waals surface area (Å²) in [4.78, 5) is 14.8. The molecule has 0 spiro atoms. The van der Waals surface area contributed by atoms with Gasteiger partial charge in [0.2, 0.25) is 5.91 Å². The molecule has 3 N–H and O–H groups in total. The number of benzene rings is 2. The van der Waals surface area contributed by atoms with E-state index in [9.17, 15) is 4.79 Å². The normalized spacial score (nSPS) is 12.0. The number of anilines is 1. The predicted molar refractivity (Wildman–Crippen MR) is 97.1 cm³/mol. The lowest BCUT2D eigenvalue weighted by molar-refractivity contribution is -0.121. The topological polar surface area (TPSA) is 67.6 Å². The number of likely N-dealkylation sites (N-methyl/N-ethyl adjacent to an activating group) is 1. The number of nitrogens with zero attached hydrogens (tertiary/aromatic N) is 1. The molecule has 5 heteroatoms. The standard InChI is InChI=1S/C19H25N3O2/c1-3-22(2)18(15-7-5-4-6-8-15)19(23)21-16-9-11-17(12-10-16)24-14-13-20/h4-12,18H,3,13-14,20H2,1-2H3,(H,21,23). The second-order valence-electron chi connectivity index (χ2n) is 5.54. The van der Waals surface area contributed by atoms with Crippen molar-refractivity contribution in [2.24, 2.45) is 5.73 Å². The van der Waals surface area contributed by atoms with Crippen molar-refractivity contribution in [1.82, 2.24) is 4.90 Å². The zero-order valence-corrected chi connectivity index (χ0v) is 14.2. The fourth-order valence-corrected chi connectivity index (χ4v) is 2.45. The van der Waals surface area contributed by atoms with E-state index in [4.69, 9.17) is 10.5 Å². The maximum atomic E-state index is 12.8. The number of hydrogen-bond donors (Lipinski definition) is 2. The molecular weight excluding hydrogens is 302 g/mol. The third-order valence-corrected chi connectivity index (χ3v) is 3.81. The highest BCUT2D eigenvalue weighted by molar-refractivity contribution is 5.95. The van der Waals surface area contributed by atoms with Gasteiger partial charge in [-0.25, -0.2) is 0 Å². The van der Waals surface area contributed by atoms with E-state index in [2.05, 4.69) is 5.32 Å². The number of nitrogens with two attached hydrogens (primary N) is 1. The molecule has 24 heavy (non-hydrogen) atoms. The third-order valence-electron chi connectivity index (χ3n) is 3.81. The minimum Gasteiger partial charge on any atom is -0.492 e. The van der Waals surface area contributed by atoms with Crippen molar-refractivity contribution >= 4 is 11.6 Å². The van der Waals surface area contributed by atoms with Crippen LogP contribution >= 0.6 is 0 Å². The summed E-state index contributed by atoms with van der Waals surface area (Å²) in [7, 11) is 1.95.